The molecule has 1 amide bonds. The van der Waals surface area contributed by atoms with Gasteiger partial charge in [-0.25, -0.2) is 13.9 Å². The van der Waals surface area contributed by atoms with Gasteiger partial charge in [0.25, 0.3) is 15.9 Å². The summed E-state index contributed by atoms with van der Waals surface area (Å²) in [6.45, 7) is 0. The molecule has 0 saturated carbocycles. The van der Waals surface area contributed by atoms with Crippen LogP contribution in [0.5, 0.6) is 11.5 Å². The summed E-state index contributed by atoms with van der Waals surface area (Å²) in [6.07, 6.45) is 2.75. The molecule has 3 aromatic rings. The Labute approximate surface area is 191 Å². The molecule has 0 aliphatic rings. The van der Waals surface area contributed by atoms with Crippen LogP contribution in [0.25, 0.3) is 5.57 Å². The minimum atomic E-state index is -3.94. The summed E-state index contributed by atoms with van der Waals surface area (Å²) in [5, 5.41) is 8.96. The number of benzene rings is 2. The molecule has 1 heterocycles. The Morgan fingerprint density at radius 2 is 1.79 bits per heavy atom. The highest BCUT2D eigenvalue weighted by Crippen LogP contribution is 2.32. The highest BCUT2D eigenvalue weighted by Gasteiger charge is 2.24. The van der Waals surface area contributed by atoms with E-state index in [1.54, 1.807) is 54.1 Å². The molecular weight excluding hydrogens is 446 g/mol. The molecule has 2 N–H and O–H groups in total. The van der Waals surface area contributed by atoms with Gasteiger partial charge in [0.2, 0.25) is 0 Å². The van der Waals surface area contributed by atoms with E-state index in [1.165, 1.54) is 45.5 Å². The van der Waals surface area contributed by atoms with E-state index in [4.69, 9.17) is 14.7 Å². The third-order valence-corrected chi connectivity index (χ3v) is 6.64. The number of amides is 1. The molecule has 3 rings (SSSR count). The van der Waals surface area contributed by atoms with Crippen molar-refractivity contribution in [2.75, 3.05) is 25.6 Å². The Morgan fingerprint density at radius 3 is 2.42 bits per heavy atom. The van der Waals surface area contributed by atoms with Crippen molar-refractivity contribution in [1.29, 1.82) is 0 Å². The number of carbonyl (C=O) groups excluding carboxylic acids is 1. The highest BCUT2D eigenvalue weighted by molar-refractivity contribution is 7.92. The largest absolute Gasteiger partial charge is 0.493 e. The Balaban J connectivity index is 2.05. The van der Waals surface area contributed by atoms with Gasteiger partial charge in [-0.05, 0) is 42.0 Å². The summed E-state index contributed by atoms with van der Waals surface area (Å²) in [5.74, 6) is -0.0446. The fourth-order valence-electron chi connectivity index (χ4n) is 3.13. The van der Waals surface area contributed by atoms with Crippen molar-refractivity contribution in [3.63, 3.8) is 0 Å². The molecule has 0 atom stereocenters. The molecular formula is C23H23N3O6S. The number of rotatable bonds is 8. The Morgan fingerprint density at radius 1 is 1.03 bits per heavy atom. The smallest absolute Gasteiger partial charge is 0.268 e. The van der Waals surface area contributed by atoms with E-state index in [-0.39, 0.29) is 10.6 Å². The second-order valence-corrected chi connectivity index (χ2v) is 8.76. The number of anilines is 1. The molecule has 0 bridgehead atoms. The number of nitrogens with zero attached hydrogens (tertiary/aromatic N) is 2. The van der Waals surface area contributed by atoms with E-state index in [1.807, 2.05) is 0 Å². The molecule has 0 fully saturated rings. The van der Waals surface area contributed by atoms with E-state index in [0.29, 0.717) is 28.3 Å². The summed E-state index contributed by atoms with van der Waals surface area (Å²) in [6, 6.07) is 16.1. The van der Waals surface area contributed by atoms with Gasteiger partial charge in [-0.1, -0.05) is 18.2 Å². The number of hydroxylamine groups is 1. The average molecular weight is 470 g/mol. The van der Waals surface area contributed by atoms with Gasteiger partial charge in [0, 0.05) is 31.0 Å². The maximum Gasteiger partial charge on any atom is 0.268 e. The number of nitrogens with one attached hydrogen (secondary N) is 1. The molecule has 9 nitrogen and oxygen atoms in total. The van der Waals surface area contributed by atoms with Gasteiger partial charge in [0.1, 0.15) is 0 Å². The number of hydrogen-bond acceptors (Lipinski definition) is 7. The average Bonchev–Trinajstić information content (AvgIpc) is 2.86. The molecule has 172 valence electrons. The Bertz CT molecular complexity index is 1280. The van der Waals surface area contributed by atoms with E-state index in [0.717, 1.165) is 4.31 Å². The van der Waals surface area contributed by atoms with Gasteiger partial charge in [-0.15, -0.1) is 0 Å². The van der Waals surface area contributed by atoms with Crippen LogP contribution in [0.2, 0.25) is 0 Å². The maximum atomic E-state index is 13.3. The normalized spacial score (nSPS) is 11.6. The van der Waals surface area contributed by atoms with Crippen molar-refractivity contribution >= 4 is 27.2 Å². The third-order valence-electron chi connectivity index (χ3n) is 4.86. The minimum absolute atomic E-state index is 0.0215. The lowest BCUT2D eigenvalue weighted by atomic mass is 10.0. The first kappa shape index (κ1) is 23.8. The highest BCUT2D eigenvalue weighted by atomic mass is 32.2. The second-order valence-electron chi connectivity index (χ2n) is 6.79. The minimum Gasteiger partial charge on any atom is -0.493 e. The molecule has 0 unspecified atom stereocenters. The molecule has 0 saturated heterocycles. The van der Waals surface area contributed by atoms with Crippen LogP contribution in [0.15, 0.2) is 77.8 Å². The lowest BCUT2D eigenvalue weighted by Crippen LogP contribution is -2.26. The molecule has 0 radical (unpaired) electrons. The Hall–Kier alpha value is -3.89. The first-order valence-electron chi connectivity index (χ1n) is 9.70. The number of sulfonamides is 1. The van der Waals surface area contributed by atoms with Crippen molar-refractivity contribution in [2.24, 2.45) is 0 Å². The van der Waals surface area contributed by atoms with Gasteiger partial charge in [-0.3, -0.25) is 19.3 Å². The summed E-state index contributed by atoms with van der Waals surface area (Å²) in [7, 11) is 0.377. The lowest BCUT2D eigenvalue weighted by molar-refractivity contribution is -0.124. The van der Waals surface area contributed by atoms with Gasteiger partial charge in [0.15, 0.2) is 11.5 Å². The van der Waals surface area contributed by atoms with E-state index in [9.17, 15) is 13.2 Å². The fourth-order valence-corrected chi connectivity index (χ4v) is 4.34. The van der Waals surface area contributed by atoms with Crippen molar-refractivity contribution in [2.45, 2.75) is 4.90 Å². The van der Waals surface area contributed by atoms with E-state index in [2.05, 4.69) is 4.98 Å². The molecule has 0 spiro atoms. The number of ether oxygens (including phenoxy) is 2. The maximum absolute atomic E-state index is 13.3. The lowest BCUT2D eigenvalue weighted by Gasteiger charge is -2.21. The summed E-state index contributed by atoms with van der Waals surface area (Å²) >= 11 is 0. The third kappa shape index (κ3) is 5.13. The Kier molecular flexibility index (Phi) is 7.31. The van der Waals surface area contributed by atoms with Gasteiger partial charge in [-0.2, -0.15) is 0 Å². The molecule has 10 heteroatoms. The van der Waals surface area contributed by atoms with Crippen LogP contribution >= 0.6 is 0 Å². The van der Waals surface area contributed by atoms with Gasteiger partial charge >= 0.3 is 0 Å². The molecule has 0 aliphatic heterocycles. The van der Waals surface area contributed by atoms with Crippen LogP contribution in [-0.2, 0) is 14.8 Å². The molecule has 2 aromatic carbocycles. The zero-order chi connectivity index (χ0) is 24.0. The SMILES string of the molecule is COc1ccc(S(=O)(=O)N(C)c2cccc(C(=CC(=O)NO)c3ccccn3)c2)cc1OC. The van der Waals surface area contributed by atoms with Crippen LogP contribution in [0.4, 0.5) is 5.69 Å². The fraction of sp³-hybridized carbons (Fsp3) is 0.130. The zero-order valence-electron chi connectivity index (χ0n) is 18.2. The number of methoxy groups -OCH3 is 2. The van der Waals surface area contributed by atoms with E-state index < -0.39 is 15.9 Å². The topological polar surface area (TPSA) is 118 Å². The number of carbonyl (C=O) groups is 1. The molecule has 33 heavy (non-hydrogen) atoms. The van der Waals surface area contributed by atoms with Crippen LogP contribution in [0.3, 0.4) is 0 Å². The number of aromatic nitrogens is 1. The first-order valence-corrected chi connectivity index (χ1v) is 11.1. The number of hydrogen-bond donors (Lipinski definition) is 2. The van der Waals surface area contributed by atoms with Gasteiger partial charge < -0.3 is 9.47 Å². The predicted molar refractivity (Wildman–Crippen MR) is 123 cm³/mol. The zero-order valence-corrected chi connectivity index (χ0v) is 19.0. The summed E-state index contributed by atoms with van der Waals surface area (Å²) in [4.78, 5) is 16.1. The standard InChI is InChI=1S/C23H23N3O6S/c1-26(33(29,30)18-10-11-21(31-2)22(14-18)32-3)17-8-6-7-16(13-17)19(15-23(27)25-28)20-9-4-5-12-24-20/h4-15,28H,1-3H3,(H,25,27). The molecule has 1 aromatic heterocycles. The number of pyridine rings is 1. The second kappa shape index (κ2) is 10.2. The monoisotopic (exact) mass is 469 g/mol. The van der Waals surface area contributed by atoms with Gasteiger partial charge in [0.05, 0.1) is 30.5 Å². The van der Waals surface area contributed by atoms with Crippen molar-refractivity contribution in [3.8, 4) is 11.5 Å². The van der Waals surface area contributed by atoms with E-state index >= 15 is 0 Å². The quantitative estimate of drug-likeness (QED) is 0.296. The van der Waals surface area contributed by atoms with Crippen molar-refractivity contribution in [3.05, 3.63) is 84.2 Å². The van der Waals surface area contributed by atoms with Crippen LogP contribution < -0.4 is 19.3 Å². The van der Waals surface area contributed by atoms with Crippen molar-refractivity contribution in [1.82, 2.24) is 10.5 Å². The van der Waals surface area contributed by atoms with Crippen LogP contribution in [0.1, 0.15) is 11.3 Å². The molecule has 0 aliphatic carbocycles. The summed E-state index contributed by atoms with van der Waals surface area (Å²) < 4.78 is 38.1. The first-order chi connectivity index (χ1) is 15.8. The van der Waals surface area contributed by atoms with Crippen LogP contribution in [0, 0.1) is 0 Å². The van der Waals surface area contributed by atoms with Crippen LogP contribution in [-0.4, -0.2) is 45.8 Å². The predicted octanol–water partition coefficient (Wildman–Crippen LogP) is 2.86. The van der Waals surface area contributed by atoms with Crippen molar-refractivity contribution < 1.29 is 27.9 Å². The summed E-state index contributed by atoms with van der Waals surface area (Å²) in [5.41, 5.74) is 3.33.